The summed E-state index contributed by atoms with van der Waals surface area (Å²) >= 11 is 7.43. The first kappa shape index (κ1) is 23.4. The second-order valence-corrected chi connectivity index (χ2v) is 10.1. The van der Waals surface area contributed by atoms with Gasteiger partial charge in [-0.25, -0.2) is 8.42 Å². The molecule has 0 saturated carbocycles. The lowest BCUT2D eigenvalue weighted by atomic mass is 10.1. The molecule has 0 aliphatic carbocycles. The van der Waals surface area contributed by atoms with Crippen molar-refractivity contribution in [3.8, 4) is 0 Å². The maximum absolute atomic E-state index is 12.8. The lowest BCUT2D eigenvalue weighted by molar-refractivity contribution is -0.0000180. The van der Waals surface area contributed by atoms with Crippen LogP contribution in [0.5, 0.6) is 0 Å². The van der Waals surface area contributed by atoms with Gasteiger partial charge in [-0.1, -0.05) is 29.8 Å². The Kier molecular flexibility index (Phi) is 7.48. The van der Waals surface area contributed by atoms with Gasteiger partial charge < -0.3 is 22.2 Å². The van der Waals surface area contributed by atoms with Crippen LogP contribution in [0.1, 0.15) is 10.4 Å². The van der Waals surface area contributed by atoms with E-state index in [1.165, 1.54) is 0 Å². The van der Waals surface area contributed by atoms with E-state index in [0.717, 1.165) is 17.0 Å². The molecular formula is C21H20Cl2N3O3S2-. The number of amides is 1. The number of rotatable bonds is 5. The molecule has 3 aromatic rings. The molecule has 2 heterocycles. The minimum atomic E-state index is -3.60. The zero-order valence-electron chi connectivity index (χ0n) is 16.4. The molecule has 10 heteroatoms. The van der Waals surface area contributed by atoms with Crippen molar-refractivity contribution in [1.29, 1.82) is 0 Å². The van der Waals surface area contributed by atoms with Gasteiger partial charge in [-0.15, -0.1) is 11.3 Å². The Morgan fingerprint density at radius 3 is 2.23 bits per heavy atom. The van der Waals surface area contributed by atoms with Crippen LogP contribution in [0.4, 0.5) is 11.4 Å². The first-order chi connectivity index (χ1) is 14.4. The number of para-hydroxylation sites is 1. The molecule has 4 rings (SSSR count). The first-order valence-corrected chi connectivity index (χ1v) is 12.1. The Morgan fingerprint density at radius 1 is 0.935 bits per heavy atom. The molecule has 6 nitrogen and oxygen atoms in total. The largest absolute Gasteiger partial charge is 1.00 e. The number of thiophene rings is 1. The minimum absolute atomic E-state index is 0. The molecule has 1 amide bonds. The van der Waals surface area contributed by atoms with E-state index in [9.17, 15) is 13.2 Å². The second-order valence-electron chi connectivity index (χ2n) is 6.85. The molecule has 2 aromatic carbocycles. The van der Waals surface area contributed by atoms with E-state index < -0.39 is 10.0 Å². The molecule has 0 atom stereocenters. The van der Waals surface area contributed by atoms with E-state index >= 15 is 0 Å². The number of carbonyl (C=O) groups is 1. The number of halogens is 2. The number of nitrogens with zero attached hydrogens (tertiary/aromatic N) is 2. The Labute approximate surface area is 196 Å². The third kappa shape index (κ3) is 5.33. The van der Waals surface area contributed by atoms with Crippen LogP contribution in [0.3, 0.4) is 0 Å². The quantitative estimate of drug-likeness (QED) is 0.575. The number of carbonyl (C=O) groups excluding carboxylic acids is 1. The summed E-state index contributed by atoms with van der Waals surface area (Å²) in [4.78, 5) is 16.8. The summed E-state index contributed by atoms with van der Waals surface area (Å²) in [6.07, 6.45) is 0. The number of hydrogen-bond acceptors (Lipinski definition) is 5. The maximum Gasteiger partial charge on any atom is 0.271 e. The van der Waals surface area contributed by atoms with Gasteiger partial charge in [-0.2, -0.15) is 0 Å². The fraction of sp³-hybridized carbons (Fsp3) is 0.190. The Balaban J connectivity index is 0.00000272. The van der Waals surface area contributed by atoms with Crippen molar-refractivity contribution in [2.45, 2.75) is 4.21 Å². The molecule has 1 saturated heterocycles. The van der Waals surface area contributed by atoms with Gasteiger partial charge in [0.2, 0.25) is 0 Å². The predicted molar refractivity (Wildman–Crippen MR) is 121 cm³/mol. The van der Waals surface area contributed by atoms with Crippen LogP contribution in [0.25, 0.3) is 0 Å². The van der Waals surface area contributed by atoms with E-state index in [1.54, 1.807) is 46.7 Å². The fourth-order valence-corrected chi connectivity index (χ4v) is 5.65. The monoisotopic (exact) mass is 496 g/mol. The van der Waals surface area contributed by atoms with Crippen LogP contribution >= 0.6 is 22.9 Å². The number of benzene rings is 2. The van der Waals surface area contributed by atoms with Gasteiger partial charge in [-0.3, -0.25) is 9.52 Å². The van der Waals surface area contributed by atoms with E-state index in [-0.39, 0.29) is 22.5 Å². The SMILES string of the molecule is O=C(c1ccc(NS(=O)(=O)c2cccs2)cc1)N1CCN(c2ccccc2Cl)CC1.[Cl-]. The summed E-state index contributed by atoms with van der Waals surface area (Å²) in [6.45, 7) is 2.59. The number of hydrogen-bond donors (Lipinski definition) is 1. The highest BCUT2D eigenvalue weighted by atomic mass is 35.5. The van der Waals surface area contributed by atoms with Crippen LogP contribution in [0.2, 0.25) is 5.02 Å². The van der Waals surface area contributed by atoms with Crippen LogP contribution < -0.4 is 22.0 Å². The molecular weight excluding hydrogens is 477 g/mol. The number of nitrogens with one attached hydrogen (secondary N) is 1. The summed E-state index contributed by atoms with van der Waals surface area (Å²) in [5, 5.41) is 2.42. The molecule has 1 aliphatic heterocycles. The van der Waals surface area contributed by atoms with E-state index in [4.69, 9.17) is 11.6 Å². The van der Waals surface area contributed by atoms with Crippen molar-refractivity contribution in [2.75, 3.05) is 35.8 Å². The van der Waals surface area contributed by atoms with Crippen molar-refractivity contribution in [3.05, 3.63) is 76.6 Å². The molecule has 31 heavy (non-hydrogen) atoms. The van der Waals surface area contributed by atoms with Crippen LogP contribution in [0, 0.1) is 0 Å². The van der Waals surface area contributed by atoms with Gasteiger partial charge in [0, 0.05) is 37.4 Å². The van der Waals surface area contributed by atoms with Crippen molar-refractivity contribution in [3.63, 3.8) is 0 Å². The van der Waals surface area contributed by atoms with Gasteiger partial charge in [0.05, 0.1) is 10.7 Å². The van der Waals surface area contributed by atoms with Crippen LogP contribution in [-0.2, 0) is 10.0 Å². The highest BCUT2D eigenvalue weighted by Crippen LogP contribution is 2.26. The maximum atomic E-state index is 12.8. The zero-order chi connectivity index (χ0) is 21.1. The smallest absolute Gasteiger partial charge is 0.271 e. The first-order valence-electron chi connectivity index (χ1n) is 9.39. The van der Waals surface area contributed by atoms with Gasteiger partial charge in [0.1, 0.15) is 4.21 Å². The Hall–Kier alpha value is -2.26. The van der Waals surface area contributed by atoms with Gasteiger partial charge in [0.15, 0.2) is 0 Å². The molecule has 1 N–H and O–H groups in total. The summed E-state index contributed by atoms with van der Waals surface area (Å²) in [5.41, 5.74) is 1.93. The average molecular weight is 497 g/mol. The topological polar surface area (TPSA) is 69.7 Å². The van der Waals surface area contributed by atoms with Crippen molar-refractivity contribution in [1.82, 2.24) is 4.90 Å². The lowest BCUT2D eigenvalue weighted by Gasteiger charge is -2.36. The summed E-state index contributed by atoms with van der Waals surface area (Å²) in [7, 11) is -3.60. The lowest BCUT2D eigenvalue weighted by Crippen LogP contribution is -3.00. The minimum Gasteiger partial charge on any atom is -1.00 e. The summed E-state index contributed by atoms with van der Waals surface area (Å²) in [6, 6.07) is 17.4. The van der Waals surface area contributed by atoms with Crippen molar-refractivity contribution < 1.29 is 25.6 Å². The third-order valence-corrected chi connectivity index (χ3v) is 8.00. The van der Waals surface area contributed by atoms with E-state index in [0.29, 0.717) is 42.5 Å². The zero-order valence-corrected chi connectivity index (χ0v) is 19.5. The normalized spacial score (nSPS) is 14.1. The Bertz CT molecular complexity index is 1130. The predicted octanol–water partition coefficient (Wildman–Crippen LogP) is 1.17. The number of sulfonamides is 1. The molecule has 164 valence electrons. The van der Waals surface area contributed by atoms with Crippen LogP contribution in [-0.4, -0.2) is 45.4 Å². The molecule has 1 aromatic heterocycles. The van der Waals surface area contributed by atoms with Crippen molar-refractivity contribution in [2.24, 2.45) is 0 Å². The van der Waals surface area contributed by atoms with Gasteiger partial charge in [-0.05, 0) is 47.8 Å². The highest BCUT2D eigenvalue weighted by molar-refractivity contribution is 7.94. The molecule has 0 spiro atoms. The van der Waals surface area contributed by atoms with Crippen molar-refractivity contribution >= 4 is 50.2 Å². The standard InChI is InChI=1S/C21H20ClN3O3S2.ClH/c22-18-4-1-2-5-19(18)24-11-13-25(14-12-24)21(26)16-7-9-17(10-8-16)23-30(27,28)20-6-3-15-29-20;/h1-10,15,23H,11-14H2;1H/p-1. The summed E-state index contributed by atoms with van der Waals surface area (Å²) in [5.74, 6) is -0.0681. The molecule has 1 fully saturated rings. The summed E-state index contributed by atoms with van der Waals surface area (Å²) < 4.78 is 27.4. The fourth-order valence-electron chi connectivity index (χ4n) is 3.34. The molecule has 0 unspecified atom stereocenters. The van der Waals surface area contributed by atoms with Crippen LogP contribution in [0.15, 0.2) is 70.3 Å². The second kappa shape index (κ2) is 9.91. The molecule has 1 aliphatic rings. The average Bonchev–Trinajstić information content (AvgIpc) is 3.30. The Morgan fingerprint density at radius 2 is 1.61 bits per heavy atom. The van der Waals surface area contributed by atoms with E-state index in [1.807, 2.05) is 24.3 Å². The van der Waals surface area contributed by atoms with Gasteiger partial charge >= 0.3 is 0 Å². The molecule has 0 radical (unpaired) electrons. The van der Waals surface area contributed by atoms with Gasteiger partial charge in [0.25, 0.3) is 15.9 Å². The third-order valence-electron chi connectivity index (χ3n) is 4.90. The number of piperazine rings is 1. The highest BCUT2D eigenvalue weighted by Gasteiger charge is 2.23. The molecule has 0 bridgehead atoms. The van der Waals surface area contributed by atoms with E-state index in [2.05, 4.69) is 9.62 Å². The number of anilines is 2.